The molecule has 338 valence electrons. The molecule has 8 nitrogen and oxygen atoms in total. The predicted octanol–water partition coefficient (Wildman–Crippen LogP) is 11.7. The van der Waals surface area contributed by atoms with Crippen molar-refractivity contribution in [2.24, 2.45) is 11.8 Å². The molecule has 1 aliphatic heterocycles. The van der Waals surface area contributed by atoms with Crippen molar-refractivity contribution in [2.75, 3.05) is 6.61 Å². The van der Waals surface area contributed by atoms with Gasteiger partial charge in [0.25, 0.3) is 0 Å². The van der Waals surface area contributed by atoms with Gasteiger partial charge in [0.2, 0.25) is 0 Å². The van der Waals surface area contributed by atoms with E-state index in [0.29, 0.717) is 30.5 Å². The molecule has 0 amide bonds. The molecule has 4 aromatic heterocycles. The molecular weight excluding hydrogens is 839 g/mol. The van der Waals surface area contributed by atoms with E-state index in [4.69, 9.17) is 14.8 Å². The van der Waals surface area contributed by atoms with Crippen LogP contribution in [0.4, 0.5) is 8.78 Å². The lowest BCUT2D eigenvalue weighted by Crippen LogP contribution is -2.45. The first-order chi connectivity index (χ1) is 32.8. The van der Waals surface area contributed by atoms with E-state index in [1.165, 1.54) is 65.1 Å². The monoisotopic (exact) mass is 892 g/mol. The lowest BCUT2D eigenvalue weighted by Gasteiger charge is -2.47. The minimum absolute atomic E-state index is 0.0730. The van der Waals surface area contributed by atoms with Gasteiger partial charge in [0.15, 0.2) is 0 Å². The zero-order chi connectivity index (χ0) is 45.2. The van der Waals surface area contributed by atoms with Gasteiger partial charge >= 0.3 is 0 Å². The summed E-state index contributed by atoms with van der Waals surface area (Å²) < 4.78 is 36.8. The van der Waals surface area contributed by atoms with Crippen molar-refractivity contribution in [1.82, 2.24) is 29.5 Å². The fourth-order valence-electron chi connectivity index (χ4n) is 12.9. The summed E-state index contributed by atoms with van der Waals surface area (Å²) in [7, 11) is 0. The molecule has 2 saturated carbocycles. The molecule has 67 heavy (non-hydrogen) atoms. The quantitative estimate of drug-likeness (QED) is 0.154. The maximum atomic E-state index is 13.5. The van der Waals surface area contributed by atoms with E-state index >= 15 is 0 Å². The molecule has 4 aromatic carbocycles. The highest BCUT2D eigenvalue weighted by molar-refractivity contribution is 5.85. The third-order valence-corrected chi connectivity index (χ3v) is 16.3. The average molecular weight is 893 g/mol. The van der Waals surface area contributed by atoms with Gasteiger partial charge in [-0.1, -0.05) is 12.1 Å². The number of carbonyl (C=O) groups excluding carboxylic acids is 1. The zero-order valence-electron chi connectivity index (χ0n) is 37.7. The van der Waals surface area contributed by atoms with Gasteiger partial charge in [-0.05, 0) is 208 Å². The van der Waals surface area contributed by atoms with Crippen molar-refractivity contribution in [3.8, 4) is 11.4 Å². The smallest absolute Gasteiger partial charge is 0.133 e. The number of hydrogen-bond acceptors (Lipinski definition) is 6. The number of benzene rings is 4. The highest BCUT2D eigenvalue weighted by Crippen LogP contribution is 2.58. The van der Waals surface area contributed by atoms with Gasteiger partial charge in [-0.3, -0.25) is 14.8 Å². The van der Waals surface area contributed by atoms with Crippen LogP contribution in [-0.4, -0.2) is 47.5 Å². The summed E-state index contributed by atoms with van der Waals surface area (Å²) in [6.07, 6.45) is 21.7. The van der Waals surface area contributed by atoms with E-state index < -0.39 is 0 Å². The summed E-state index contributed by atoms with van der Waals surface area (Å²) >= 11 is 0. The van der Waals surface area contributed by atoms with E-state index in [1.807, 2.05) is 46.3 Å². The number of aromatic nitrogens is 6. The summed E-state index contributed by atoms with van der Waals surface area (Å²) in [5, 5.41) is 11.6. The highest BCUT2D eigenvalue weighted by Gasteiger charge is 2.57. The Bertz CT molecular complexity index is 3110. The van der Waals surface area contributed by atoms with Gasteiger partial charge in [-0.25, -0.2) is 18.1 Å². The second-order valence-corrected chi connectivity index (χ2v) is 20.1. The van der Waals surface area contributed by atoms with Gasteiger partial charge in [0.1, 0.15) is 17.4 Å². The van der Waals surface area contributed by atoms with Crippen LogP contribution in [0.3, 0.4) is 0 Å². The molecule has 10 heteroatoms. The minimum atomic E-state index is -0.251. The van der Waals surface area contributed by atoms with Crippen LogP contribution in [0.5, 0.6) is 0 Å². The fourth-order valence-corrected chi connectivity index (χ4v) is 12.9. The number of halogens is 2. The first-order valence-corrected chi connectivity index (χ1v) is 24.3. The molecule has 0 unspecified atom stereocenters. The normalized spacial score (nSPS) is 25.3. The van der Waals surface area contributed by atoms with E-state index in [2.05, 4.69) is 58.6 Å². The molecule has 0 N–H and O–H groups in total. The molecule has 5 heterocycles. The number of aryl methyl sites for hydroxylation is 2. The number of epoxide rings is 1. The summed E-state index contributed by atoms with van der Waals surface area (Å²) in [4.78, 5) is 21.9. The number of ketones is 1. The Hall–Kier alpha value is -6.39. The number of carbonyl (C=O) groups is 1. The Balaban J connectivity index is 0.000000140. The van der Waals surface area contributed by atoms with Gasteiger partial charge in [-0.2, -0.15) is 10.2 Å². The van der Waals surface area contributed by atoms with Crippen LogP contribution in [-0.2, 0) is 46.0 Å². The van der Waals surface area contributed by atoms with Crippen LogP contribution in [0.25, 0.3) is 33.2 Å². The number of Topliss-reactive ketones (excluding diaryl/α,β-unsaturated/α-hetero) is 1. The number of pyridine rings is 2. The van der Waals surface area contributed by atoms with Crippen LogP contribution in [0.1, 0.15) is 97.8 Å². The summed E-state index contributed by atoms with van der Waals surface area (Å²) in [5.41, 5.74) is 11.9. The third kappa shape index (κ3) is 7.67. The van der Waals surface area contributed by atoms with Crippen molar-refractivity contribution < 1.29 is 18.3 Å². The van der Waals surface area contributed by atoms with Crippen LogP contribution < -0.4 is 0 Å². The first kappa shape index (κ1) is 42.0. The van der Waals surface area contributed by atoms with Gasteiger partial charge in [-0.15, -0.1) is 0 Å². The van der Waals surface area contributed by atoms with Crippen LogP contribution in [0.2, 0.25) is 0 Å². The van der Waals surface area contributed by atoms with Gasteiger partial charge in [0.05, 0.1) is 47.0 Å². The maximum Gasteiger partial charge on any atom is 0.133 e. The topological polar surface area (TPSA) is 91.0 Å². The lowest BCUT2D eigenvalue weighted by molar-refractivity contribution is -0.123. The van der Waals surface area contributed by atoms with Crippen molar-refractivity contribution in [3.63, 3.8) is 0 Å². The molecule has 4 aliphatic carbocycles. The second kappa shape index (κ2) is 16.7. The Morgan fingerprint density at radius 2 is 1.13 bits per heavy atom. The van der Waals surface area contributed by atoms with E-state index in [-0.39, 0.29) is 28.1 Å². The highest BCUT2D eigenvalue weighted by atomic mass is 19.1. The molecule has 3 fully saturated rings. The molecule has 5 atom stereocenters. The lowest BCUT2D eigenvalue weighted by atomic mass is 9.57. The number of fused-ring (bicyclic) bond motifs is 8. The second-order valence-electron chi connectivity index (χ2n) is 20.1. The van der Waals surface area contributed by atoms with Crippen molar-refractivity contribution >= 4 is 27.6 Å². The van der Waals surface area contributed by atoms with Crippen LogP contribution >= 0.6 is 0 Å². The molecule has 13 rings (SSSR count). The van der Waals surface area contributed by atoms with E-state index in [0.717, 1.165) is 110 Å². The Morgan fingerprint density at radius 3 is 1.64 bits per heavy atom. The van der Waals surface area contributed by atoms with Crippen molar-refractivity contribution in [3.05, 3.63) is 179 Å². The zero-order valence-corrected chi connectivity index (χ0v) is 37.7. The Labute approximate surface area is 389 Å². The first-order valence-electron chi connectivity index (χ1n) is 24.3. The minimum Gasteiger partial charge on any atom is -0.370 e. The third-order valence-electron chi connectivity index (χ3n) is 16.3. The Morgan fingerprint density at radius 1 is 0.612 bits per heavy atom. The average Bonchev–Trinajstić information content (AvgIpc) is 3.88. The summed E-state index contributed by atoms with van der Waals surface area (Å²) in [5.74, 6) is 0.846. The van der Waals surface area contributed by atoms with Crippen molar-refractivity contribution in [1.29, 1.82) is 0 Å². The predicted molar refractivity (Wildman–Crippen MR) is 256 cm³/mol. The van der Waals surface area contributed by atoms with Crippen LogP contribution in [0, 0.1) is 23.5 Å². The molecule has 5 aliphatic rings. The fraction of sp³-hybridized carbons (Fsp3) is 0.351. The van der Waals surface area contributed by atoms with Crippen molar-refractivity contribution in [2.45, 2.75) is 106 Å². The summed E-state index contributed by atoms with van der Waals surface area (Å²) in [6, 6.07) is 34.8. The number of nitrogens with zero attached hydrogens (tertiary/aromatic N) is 6. The number of rotatable bonds is 6. The standard InChI is InChI=1S/C29H28FN3O.C28H26FN3O/c30-23-7-9-25(10-8-23)33-27-15-20-4-3-5-22-16-28(19-34-28)11-12-29(22,17-24-6-1-2-13-31-24)26(20)14-21(27)18-32-33;29-22-7-9-24(10-8-22)32-27-15-19-4-3-5-21-16-25(33)11-12-28(21,17-23-6-1-2-13-30-23)26(19)14-20(27)18-31-32/h1-2,6-10,13-15,18,22H,3-5,11-12,16-17,19H2;1-2,6-10,13-15,18,21H,3-5,11-12,16-17H2/t22-,28+,29-;21-,28-/m00/s1. The van der Waals surface area contributed by atoms with Crippen LogP contribution in [0.15, 0.2) is 134 Å². The van der Waals surface area contributed by atoms with Gasteiger partial charge in [0, 0.05) is 58.2 Å². The van der Waals surface area contributed by atoms with Gasteiger partial charge < -0.3 is 4.74 Å². The molecule has 0 radical (unpaired) electrons. The largest absolute Gasteiger partial charge is 0.370 e. The van der Waals surface area contributed by atoms with E-state index in [1.54, 1.807) is 24.3 Å². The Kier molecular flexibility index (Phi) is 10.5. The maximum absolute atomic E-state index is 13.5. The number of hydrogen-bond donors (Lipinski definition) is 0. The molecular formula is C57H54F2N6O2. The molecule has 1 saturated heterocycles. The SMILES string of the molecule is Fc1ccc(-n2ncc3cc4c(cc32)CCC[C@H]2C[C@]3(CC[C@@]42Cc2ccccn2)CO3)cc1.O=C1CC[C@@]2(Cc3ccccn3)c3cc4cnn(-c5ccc(F)cc5)c4cc3CCC[C@H]2C1. The molecule has 0 bridgehead atoms. The summed E-state index contributed by atoms with van der Waals surface area (Å²) in [6.45, 7) is 0.930. The van der Waals surface area contributed by atoms with E-state index in [9.17, 15) is 13.6 Å². The molecule has 8 aromatic rings. The number of ether oxygens (including phenoxy) is 1. The molecule has 1 spiro atoms.